The van der Waals surface area contributed by atoms with Gasteiger partial charge in [0.05, 0.1) is 0 Å². The average Bonchev–Trinajstić information content (AvgIpc) is 2.67. The van der Waals surface area contributed by atoms with Crippen LogP contribution in [-0.2, 0) is 21.7 Å². The van der Waals surface area contributed by atoms with Crippen molar-refractivity contribution in [2.75, 3.05) is 0 Å². The molecule has 0 saturated carbocycles. The molecule has 2 aliphatic rings. The molecule has 0 aromatic carbocycles. The van der Waals surface area contributed by atoms with Crippen LogP contribution in [0.4, 0.5) is 0 Å². The third kappa shape index (κ3) is 4.81. The van der Waals surface area contributed by atoms with Crippen LogP contribution < -0.4 is 0 Å². The molecule has 0 saturated heterocycles. The van der Waals surface area contributed by atoms with Crippen LogP contribution in [0.3, 0.4) is 0 Å². The zero-order chi connectivity index (χ0) is 10.6. The van der Waals surface area contributed by atoms with Gasteiger partial charge < -0.3 is 0 Å². The van der Waals surface area contributed by atoms with Crippen LogP contribution in [0.1, 0.15) is 40.5 Å². The molecule has 0 fully saturated rings. The molecule has 1 heteroatoms. The van der Waals surface area contributed by atoms with E-state index in [2.05, 4.69) is 52.0 Å². The summed E-state index contributed by atoms with van der Waals surface area (Å²) in [4.78, 5) is 0. The first-order valence-corrected chi connectivity index (χ1v) is 5.07. The fraction of sp³-hybridized carbons (Fsp3) is 0.429. The Kier molecular flexibility index (Phi) is 6.88. The summed E-state index contributed by atoms with van der Waals surface area (Å²) in [5.41, 5.74) is 5.69. The SMILES string of the molecule is CC1=C(C)C[C-]=C1.CC1=C(C)C[C-]=C1.[Ti+2]. The van der Waals surface area contributed by atoms with E-state index in [4.69, 9.17) is 0 Å². The molecule has 0 N–H and O–H groups in total. The molecule has 0 nitrogen and oxygen atoms in total. The Morgan fingerprint density at radius 3 is 1.20 bits per heavy atom. The van der Waals surface area contributed by atoms with Crippen molar-refractivity contribution < 1.29 is 21.7 Å². The van der Waals surface area contributed by atoms with Gasteiger partial charge in [-0.25, -0.2) is 23.3 Å². The van der Waals surface area contributed by atoms with Crippen LogP contribution >= 0.6 is 0 Å². The molecule has 78 valence electrons. The first-order valence-electron chi connectivity index (χ1n) is 5.07. The Morgan fingerprint density at radius 2 is 1.13 bits per heavy atom. The number of allylic oxidation sites excluding steroid dienone is 8. The van der Waals surface area contributed by atoms with Crippen LogP contribution in [-0.4, -0.2) is 0 Å². The van der Waals surface area contributed by atoms with Gasteiger partial charge in [0.25, 0.3) is 0 Å². The van der Waals surface area contributed by atoms with Gasteiger partial charge in [-0.15, -0.1) is 26.7 Å². The largest absolute Gasteiger partial charge is 2.00 e. The van der Waals surface area contributed by atoms with Gasteiger partial charge in [-0.05, 0) is 0 Å². The molecule has 0 atom stereocenters. The zero-order valence-electron chi connectivity index (χ0n) is 10.1. The van der Waals surface area contributed by atoms with E-state index < -0.39 is 0 Å². The first kappa shape index (κ1) is 14.7. The van der Waals surface area contributed by atoms with E-state index in [-0.39, 0.29) is 21.7 Å². The Hall–Kier alpha value is -0.326. The van der Waals surface area contributed by atoms with E-state index in [0.717, 1.165) is 12.8 Å². The van der Waals surface area contributed by atoms with Crippen molar-refractivity contribution in [2.45, 2.75) is 40.5 Å². The fourth-order valence-corrected chi connectivity index (χ4v) is 1.24. The third-order valence-electron chi connectivity index (χ3n) is 2.72. The molecular formula is C14H18Ti. The van der Waals surface area contributed by atoms with Crippen molar-refractivity contribution >= 4 is 0 Å². The van der Waals surface area contributed by atoms with Crippen molar-refractivity contribution in [1.29, 1.82) is 0 Å². The van der Waals surface area contributed by atoms with Gasteiger partial charge in [0.15, 0.2) is 0 Å². The van der Waals surface area contributed by atoms with Crippen LogP contribution in [0.25, 0.3) is 0 Å². The molecule has 0 heterocycles. The molecule has 0 aromatic rings. The summed E-state index contributed by atoms with van der Waals surface area (Å²) in [7, 11) is 0. The minimum absolute atomic E-state index is 0. The summed E-state index contributed by atoms with van der Waals surface area (Å²) < 4.78 is 0. The molecule has 0 aliphatic heterocycles. The summed E-state index contributed by atoms with van der Waals surface area (Å²) in [5.74, 6) is 0. The van der Waals surface area contributed by atoms with Crippen molar-refractivity contribution in [2.24, 2.45) is 0 Å². The van der Waals surface area contributed by atoms with Crippen LogP contribution in [0.2, 0.25) is 0 Å². The molecule has 2 rings (SSSR count). The molecule has 0 bridgehead atoms. The van der Waals surface area contributed by atoms with Crippen LogP contribution in [0.5, 0.6) is 0 Å². The summed E-state index contributed by atoms with van der Waals surface area (Å²) in [5, 5.41) is 0. The van der Waals surface area contributed by atoms with Crippen molar-refractivity contribution in [1.82, 2.24) is 0 Å². The maximum atomic E-state index is 3.12. The fourth-order valence-electron chi connectivity index (χ4n) is 1.24. The summed E-state index contributed by atoms with van der Waals surface area (Å²) in [6.45, 7) is 8.53. The molecule has 15 heavy (non-hydrogen) atoms. The van der Waals surface area contributed by atoms with Gasteiger partial charge in [-0.1, -0.05) is 13.8 Å². The minimum atomic E-state index is 0. The zero-order valence-corrected chi connectivity index (χ0v) is 11.6. The van der Waals surface area contributed by atoms with Crippen molar-refractivity contribution in [3.8, 4) is 0 Å². The van der Waals surface area contributed by atoms with E-state index in [1.807, 2.05) is 0 Å². The standard InChI is InChI=1S/2C7H9.Ti/c2*1-6-4-3-5-7(6)2;/h2*4H,5H2,1-2H3;/q2*-1;+2. The van der Waals surface area contributed by atoms with Crippen molar-refractivity contribution in [3.63, 3.8) is 0 Å². The third-order valence-corrected chi connectivity index (χ3v) is 2.72. The number of hydrogen-bond acceptors (Lipinski definition) is 0. The smallest absolute Gasteiger partial charge is 0.272 e. The first-order chi connectivity index (χ1) is 6.61. The monoisotopic (exact) mass is 234 g/mol. The van der Waals surface area contributed by atoms with Gasteiger partial charge in [-0.3, -0.25) is 12.2 Å². The van der Waals surface area contributed by atoms with Crippen LogP contribution in [0, 0.1) is 12.2 Å². The second-order valence-corrected chi connectivity index (χ2v) is 3.98. The van der Waals surface area contributed by atoms with E-state index >= 15 is 0 Å². The predicted octanol–water partition coefficient (Wildman–Crippen LogP) is 4.17. The molecule has 0 aromatic heterocycles. The quantitative estimate of drug-likeness (QED) is 0.436. The number of rotatable bonds is 0. The average molecular weight is 234 g/mol. The molecule has 0 unspecified atom stereocenters. The Labute approximate surface area is 109 Å². The maximum Gasteiger partial charge on any atom is 2.00 e. The summed E-state index contributed by atoms with van der Waals surface area (Å²) >= 11 is 0. The topological polar surface area (TPSA) is 0 Å². The van der Waals surface area contributed by atoms with Gasteiger partial charge in [-0.2, -0.15) is 11.1 Å². The van der Waals surface area contributed by atoms with E-state index in [0.29, 0.717) is 0 Å². The van der Waals surface area contributed by atoms with E-state index in [1.54, 1.807) is 0 Å². The molecule has 0 spiro atoms. The van der Waals surface area contributed by atoms with Crippen LogP contribution in [0.15, 0.2) is 34.4 Å². The molecule has 0 amide bonds. The summed E-state index contributed by atoms with van der Waals surface area (Å²) in [6, 6.07) is 0. The minimum Gasteiger partial charge on any atom is -0.272 e. The Morgan fingerprint density at radius 1 is 0.800 bits per heavy atom. The normalized spacial score (nSPS) is 17.9. The molecule has 2 aliphatic carbocycles. The Balaban J connectivity index is 0.000000245. The van der Waals surface area contributed by atoms with Gasteiger partial charge in [0.2, 0.25) is 0 Å². The van der Waals surface area contributed by atoms with Gasteiger partial charge in [0.1, 0.15) is 0 Å². The molecular weight excluding hydrogens is 216 g/mol. The van der Waals surface area contributed by atoms with Gasteiger partial charge in [0, 0.05) is 0 Å². The van der Waals surface area contributed by atoms with Gasteiger partial charge >= 0.3 is 21.7 Å². The second kappa shape index (κ2) is 7.03. The molecule has 0 radical (unpaired) electrons. The summed E-state index contributed by atoms with van der Waals surface area (Å²) in [6.07, 6.45) is 12.4. The number of hydrogen-bond donors (Lipinski definition) is 0. The predicted molar refractivity (Wildman–Crippen MR) is 61.6 cm³/mol. The van der Waals surface area contributed by atoms with E-state index in [9.17, 15) is 0 Å². The Bertz CT molecular complexity index is 293. The van der Waals surface area contributed by atoms with Crippen molar-refractivity contribution in [3.05, 3.63) is 46.6 Å². The van der Waals surface area contributed by atoms with E-state index in [1.165, 1.54) is 22.3 Å². The maximum absolute atomic E-state index is 3.12. The second-order valence-electron chi connectivity index (χ2n) is 3.98.